The van der Waals surface area contributed by atoms with Gasteiger partial charge in [0.2, 0.25) is 0 Å². The molecule has 0 spiro atoms. The Labute approximate surface area is 114 Å². The van der Waals surface area contributed by atoms with Crippen molar-refractivity contribution in [3.63, 3.8) is 0 Å². The van der Waals surface area contributed by atoms with Crippen molar-refractivity contribution in [2.24, 2.45) is 0 Å². The maximum absolute atomic E-state index is 11.4. The molecule has 1 amide bonds. The normalized spacial score (nSPS) is 11.7. The van der Waals surface area contributed by atoms with Gasteiger partial charge in [-0.05, 0) is 19.1 Å². The number of carbonyl (C=O) groups is 2. The van der Waals surface area contributed by atoms with E-state index in [0.29, 0.717) is 15.8 Å². The maximum Gasteiger partial charge on any atom is 0.322 e. The minimum Gasteiger partial charge on any atom is -0.481 e. The average Bonchev–Trinajstić information content (AvgIpc) is 2.30. The van der Waals surface area contributed by atoms with Crippen LogP contribution in [0.15, 0.2) is 18.2 Å². The molecule has 0 aliphatic rings. The van der Waals surface area contributed by atoms with Gasteiger partial charge < -0.3 is 15.2 Å². The minimum absolute atomic E-state index is 0.312. The molecular weight excluding hydrogens is 281 g/mol. The van der Waals surface area contributed by atoms with Gasteiger partial charge in [-0.25, -0.2) is 0 Å². The Morgan fingerprint density at radius 3 is 2.61 bits per heavy atom. The van der Waals surface area contributed by atoms with Crippen LogP contribution in [0.2, 0.25) is 10.0 Å². The van der Waals surface area contributed by atoms with Crippen LogP contribution in [0.3, 0.4) is 0 Å². The zero-order chi connectivity index (χ0) is 13.7. The van der Waals surface area contributed by atoms with Crippen LogP contribution in [-0.2, 0) is 9.59 Å². The van der Waals surface area contributed by atoms with E-state index in [9.17, 15) is 9.59 Å². The summed E-state index contributed by atoms with van der Waals surface area (Å²) in [6.45, 7) is 1.05. The molecule has 2 N–H and O–H groups in total. The summed E-state index contributed by atoms with van der Waals surface area (Å²) in [6, 6.07) is 4.58. The number of nitrogens with one attached hydrogen (secondary N) is 1. The highest BCUT2D eigenvalue weighted by Crippen LogP contribution is 2.26. The molecule has 0 radical (unpaired) electrons. The van der Waals surface area contributed by atoms with E-state index in [1.54, 1.807) is 12.1 Å². The molecule has 5 nitrogen and oxygen atoms in total. The molecule has 1 unspecified atom stereocenters. The molecule has 1 rings (SSSR count). The maximum atomic E-state index is 11.4. The molecule has 98 valence electrons. The largest absolute Gasteiger partial charge is 0.481 e. The van der Waals surface area contributed by atoms with E-state index in [1.807, 2.05) is 0 Å². The molecule has 1 atom stereocenters. The van der Waals surface area contributed by atoms with Crippen molar-refractivity contribution in [1.29, 1.82) is 0 Å². The van der Waals surface area contributed by atoms with Crippen molar-refractivity contribution in [3.05, 3.63) is 28.2 Å². The molecule has 0 heterocycles. The third-order valence-electron chi connectivity index (χ3n) is 1.99. The van der Waals surface area contributed by atoms with Gasteiger partial charge in [0.25, 0.3) is 5.91 Å². The van der Waals surface area contributed by atoms with Crippen LogP contribution in [-0.4, -0.2) is 29.6 Å². The van der Waals surface area contributed by atoms with E-state index >= 15 is 0 Å². The van der Waals surface area contributed by atoms with Crippen LogP contribution < -0.4 is 10.1 Å². The van der Waals surface area contributed by atoms with Gasteiger partial charge in [0, 0.05) is 6.07 Å². The number of rotatable bonds is 5. The lowest BCUT2D eigenvalue weighted by Gasteiger charge is -2.14. The molecule has 7 heteroatoms. The second-order valence-corrected chi connectivity index (χ2v) is 4.26. The smallest absolute Gasteiger partial charge is 0.322 e. The molecule has 0 aliphatic carbocycles. The van der Waals surface area contributed by atoms with Gasteiger partial charge in [-0.15, -0.1) is 0 Å². The Kier molecular flexibility index (Phi) is 5.25. The Hall–Kier alpha value is -1.46. The summed E-state index contributed by atoms with van der Waals surface area (Å²) in [5, 5.41) is 11.3. The zero-order valence-electron chi connectivity index (χ0n) is 9.44. The number of aliphatic carboxylic acids is 1. The van der Waals surface area contributed by atoms with Crippen molar-refractivity contribution in [3.8, 4) is 5.75 Å². The summed E-state index contributed by atoms with van der Waals surface area (Å²) >= 11 is 11.5. The SMILES string of the molecule is CC(Oc1ccc(Cl)c(Cl)c1)C(=O)NCC(=O)O. The van der Waals surface area contributed by atoms with Crippen molar-refractivity contribution >= 4 is 35.1 Å². The summed E-state index contributed by atoms with van der Waals surface area (Å²) in [5.41, 5.74) is 0. The summed E-state index contributed by atoms with van der Waals surface area (Å²) < 4.78 is 5.30. The van der Waals surface area contributed by atoms with Crippen LogP contribution in [0.5, 0.6) is 5.75 Å². The van der Waals surface area contributed by atoms with E-state index in [0.717, 1.165) is 0 Å². The van der Waals surface area contributed by atoms with E-state index in [4.69, 9.17) is 33.0 Å². The minimum atomic E-state index is -1.12. The quantitative estimate of drug-likeness (QED) is 0.870. The second-order valence-electron chi connectivity index (χ2n) is 3.45. The van der Waals surface area contributed by atoms with Crippen molar-refractivity contribution in [2.45, 2.75) is 13.0 Å². The summed E-state index contributed by atoms with van der Waals surface area (Å²) in [4.78, 5) is 21.7. The number of hydrogen-bond acceptors (Lipinski definition) is 3. The molecule has 0 saturated carbocycles. The molecule has 0 fully saturated rings. The molecule has 1 aromatic rings. The monoisotopic (exact) mass is 291 g/mol. The molecule has 0 aromatic heterocycles. The third kappa shape index (κ3) is 4.43. The Bertz CT molecular complexity index is 464. The van der Waals surface area contributed by atoms with Gasteiger partial charge in [-0.3, -0.25) is 9.59 Å². The number of carboxylic acid groups (broad SMARTS) is 1. The number of carbonyl (C=O) groups excluding carboxylic acids is 1. The van der Waals surface area contributed by atoms with E-state index in [-0.39, 0.29) is 0 Å². The summed E-state index contributed by atoms with van der Waals surface area (Å²) in [5.74, 6) is -1.27. The zero-order valence-corrected chi connectivity index (χ0v) is 11.0. The number of amides is 1. The molecular formula is C11H11Cl2NO4. The molecule has 0 bridgehead atoms. The van der Waals surface area contributed by atoms with Crippen LogP contribution in [0.1, 0.15) is 6.92 Å². The Morgan fingerprint density at radius 1 is 1.39 bits per heavy atom. The molecule has 18 heavy (non-hydrogen) atoms. The lowest BCUT2D eigenvalue weighted by atomic mass is 10.3. The summed E-state index contributed by atoms with van der Waals surface area (Å²) in [6.07, 6.45) is -0.832. The van der Waals surface area contributed by atoms with Gasteiger partial charge >= 0.3 is 5.97 Å². The number of halogens is 2. The lowest BCUT2D eigenvalue weighted by molar-refractivity contribution is -0.139. The van der Waals surface area contributed by atoms with Crippen molar-refractivity contribution in [1.82, 2.24) is 5.32 Å². The number of carboxylic acids is 1. The second kappa shape index (κ2) is 6.47. The van der Waals surface area contributed by atoms with Gasteiger partial charge in [-0.1, -0.05) is 23.2 Å². The first kappa shape index (κ1) is 14.6. The molecule has 0 aliphatic heterocycles. The Balaban J connectivity index is 2.58. The lowest BCUT2D eigenvalue weighted by Crippen LogP contribution is -2.39. The first-order valence-corrected chi connectivity index (χ1v) is 5.77. The fourth-order valence-corrected chi connectivity index (χ4v) is 1.40. The standard InChI is InChI=1S/C11H11Cl2NO4/c1-6(11(17)14-5-10(15)16)18-7-2-3-8(12)9(13)4-7/h2-4,6H,5H2,1H3,(H,14,17)(H,15,16). The third-order valence-corrected chi connectivity index (χ3v) is 2.73. The number of hydrogen-bond donors (Lipinski definition) is 2. The predicted octanol–water partition coefficient (Wildman–Crippen LogP) is 1.96. The van der Waals surface area contributed by atoms with Gasteiger partial charge in [-0.2, -0.15) is 0 Å². The van der Waals surface area contributed by atoms with Crippen molar-refractivity contribution < 1.29 is 19.4 Å². The highest BCUT2D eigenvalue weighted by Gasteiger charge is 2.15. The van der Waals surface area contributed by atoms with Crippen LogP contribution in [0.4, 0.5) is 0 Å². The van der Waals surface area contributed by atoms with Crippen LogP contribution in [0, 0.1) is 0 Å². The highest BCUT2D eigenvalue weighted by molar-refractivity contribution is 6.42. The average molecular weight is 292 g/mol. The first-order chi connectivity index (χ1) is 8.40. The highest BCUT2D eigenvalue weighted by atomic mass is 35.5. The van der Waals surface area contributed by atoms with Gasteiger partial charge in [0.05, 0.1) is 10.0 Å². The fraction of sp³-hybridized carbons (Fsp3) is 0.273. The Morgan fingerprint density at radius 2 is 2.06 bits per heavy atom. The first-order valence-electron chi connectivity index (χ1n) is 5.01. The number of benzene rings is 1. The van der Waals surface area contributed by atoms with E-state index < -0.39 is 24.5 Å². The van der Waals surface area contributed by atoms with Gasteiger partial charge in [0.1, 0.15) is 12.3 Å². The molecule has 0 saturated heterocycles. The fourth-order valence-electron chi connectivity index (χ4n) is 1.11. The molecule has 1 aromatic carbocycles. The number of ether oxygens (including phenoxy) is 1. The van der Waals surface area contributed by atoms with Crippen molar-refractivity contribution in [2.75, 3.05) is 6.54 Å². The van der Waals surface area contributed by atoms with Crippen LogP contribution >= 0.6 is 23.2 Å². The van der Waals surface area contributed by atoms with Crippen LogP contribution in [0.25, 0.3) is 0 Å². The van der Waals surface area contributed by atoms with E-state index in [2.05, 4.69) is 5.32 Å². The summed E-state index contributed by atoms with van der Waals surface area (Å²) in [7, 11) is 0. The topological polar surface area (TPSA) is 75.6 Å². The van der Waals surface area contributed by atoms with E-state index in [1.165, 1.54) is 13.0 Å². The predicted molar refractivity (Wildman–Crippen MR) is 67.2 cm³/mol. The van der Waals surface area contributed by atoms with Gasteiger partial charge in [0.15, 0.2) is 6.10 Å².